The lowest BCUT2D eigenvalue weighted by Gasteiger charge is -2.14. The van der Waals surface area contributed by atoms with Crippen molar-refractivity contribution in [2.75, 3.05) is 19.8 Å². The van der Waals surface area contributed by atoms with Gasteiger partial charge < -0.3 is 15.8 Å². The zero-order valence-electron chi connectivity index (χ0n) is 8.77. The number of hydrogen-bond donors (Lipinski definition) is 2. The van der Waals surface area contributed by atoms with E-state index in [1.807, 2.05) is 0 Å². The van der Waals surface area contributed by atoms with Gasteiger partial charge in [-0.3, -0.25) is 4.79 Å². The van der Waals surface area contributed by atoms with E-state index in [1.165, 1.54) is 0 Å². The minimum absolute atomic E-state index is 0.0716. The second kappa shape index (κ2) is 5.01. The van der Waals surface area contributed by atoms with E-state index in [2.05, 4.69) is 10.1 Å². The minimum Gasteiger partial charge on any atom is -0.372 e. The Bertz CT molecular complexity index is 252. The van der Waals surface area contributed by atoms with Crippen LogP contribution in [0.5, 0.6) is 0 Å². The summed E-state index contributed by atoms with van der Waals surface area (Å²) in [5, 5.41) is 2.69. The van der Waals surface area contributed by atoms with Gasteiger partial charge in [0.25, 0.3) is 0 Å². The summed E-state index contributed by atoms with van der Waals surface area (Å²) in [7, 11) is 0. The zero-order valence-corrected chi connectivity index (χ0v) is 8.77. The molecule has 0 unspecified atom stereocenters. The Morgan fingerprint density at radius 1 is 1.44 bits per heavy atom. The van der Waals surface area contributed by atoms with Crippen LogP contribution in [0.3, 0.4) is 0 Å². The molecule has 3 N–H and O–H groups in total. The molecule has 0 saturated heterocycles. The van der Waals surface area contributed by atoms with Crippen LogP contribution in [0.2, 0.25) is 0 Å². The molecular formula is C9H15F3N2O2. The monoisotopic (exact) mass is 240 g/mol. The highest BCUT2D eigenvalue weighted by Crippen LogP contribution is 2.33. The molecule has 4 nitrogen and oxygen atoms in total. The highest BCUT2D eigenvalue weighted by atomic mass is 19.4. The summed E-state index contributed by atoms with van der Waals surface area (Å²) in [6.07, 6.45) is -2.75. The first-order valence-electron chi connectivity index (χ1n) is 5.02. The molecular weight excluding hydrogens is 225 g/mol. The maximum Gasteiger partial charge on any atom is 0.411 e. The number of hydrogen-bond acceptors (Lipinski definition) is 3. The van der Waals surface area contributed by atoms with Crippen LogP contribution in [0.4, 0.5) is 13.2 Å². The van der Waals surface area contributed by atoms with E-state index in [0.717, 1.165) is 12.8 Å². The highest BCUT2D eigenvalue weighted by molar-refractivity contribution is 5.77. The van der Waals surface area contributed by atoms with Gasteiger partial charge in [-0.2, -0.15) is 13.2 Å². The van der Waals surface area contributed by atoms with Crippen LogP contribution in [0.15, 0.2) is 0 Å². The molecule has 7 heteroatoms. The van der Waals surface area contributed by atoms with Gasteiger partial charge in [0, 0.05) is 13.0 Å². The van der Waals surface area contributed by atoms with Gasteiger partial charge in [-0.25, -0.2) is 0 Å². The Kier molecular flexibility index (Phi) is 4.15. The molecule has 16 heavy (non-hydrogen) atoms. The third kappa shape index (κ3) is 4.80. The van der Waals surface area contributed by atoms with Crippen molar-refractivity contribution in [1.29, 1.82) is 0 Å². The molecule has 1 saturated carbocycles. The van der Waals surface area contributed by atoms with Gasteiger partial charge in [0.1, 0.15) is 6.61 Å². The van der Waals surface area contributed by atoms with E-state index in [9.17, 15) is 18.0 Å². The third-order valence-electron chi connectivity index (χ3n) is 2.39. The smallest absolute Gasteiger partial charge is 0.372 e. The average molecular weight is 240 g/mol. The van der Waals surface area contributed by atoms with E-state index in [4.69, 9.17) is 5.73 Å². The van der Waals surface area contributed by atoms with Crippen LogP contribution in [0.1, 0.15) is 19.3 Å². The number of carbonyl (C=O) groups excluding carboxylic acids is 1. The molecule has 0 heterocycles. The minimum atomic E-state index is -4.34. The molecule has 0 aromatic carbocycles. The molecule has 0 aromatic heterocycles. The fourth-order valence-electron chi connectivity index (χ4n) is 1.24. The number of carbonyl (C=O) groups is 1. The Morgan fingerprint density at radius 2 is 2.06 bits per heavy atom. The Hall–Kier alpha value is -0.820. The molecule has 1 amide bonds. The fourth-order valence-corrected chi connectivity index (χ4v) is 1.24. The molecule has 1 aliphatic rings. The number of rotatable bonds is 6. The maximum atomic E-state index is 11.7. The zero-order chi connectivity index (χ0) is 12.2. The van der Waals surface area contributed by atoms with Crippen LogP contribution in [0.25, 0.3) is 0 Å². The van der Waals surface area contributed by atoms with Gasteiger partial charge in [-0.15, -0.1) is 0 Å². The Labute approximate surface area is 91.3 Å². The summed E-state index contributed by atoms with van der Waals surface area (Å²) in [6.45, 7) is -1.18. The van der Waals surface area contributed by atoms with Crippen molar-refractivity contribution < 1.29 is 22.7 Å². The average Bonchev–Trinajstić information content (AvgIpc) is 2.92. The number of alkyl halides is 3. The van der Waals surface area contributed by atoms with Crippen molar-refractivity contribution in [2.24, 2.45) is 5.73 Å². The quantitative estimate of drug-likeness (QED) is 0.667. The first kappa shape index (κ1) is 13.2. The Balaban J connectivity index is 2.07. The molecule has 94 valence electrons. The van der Waals surface area contributed by atoms with Crippen LogP contribution < -0.4 is 11.1 Å². The SMILES string of the molecule is NCC1(NC(=O)CCOCC(F)(F)F)CC1. The predicted molar refractivity (Wildman–Crippen MR) is 50.7 cm³/mol. The molecule has 0 spiro atoms. The van der Waals surface area contributed by atoms with Gasteiger partial charge >= 0.3 is 6.18 Å². The summed E-state index contributed by atoms with van der Waals surface area (Å²) < 4.78 is 39.3. The van der Waals surface area contributed by atoms with E-state index >= 15 is 0 Å². The second-order valence-corrected chi connectivity index (χ2v) is 3.95. The predicted octanol–water partition coefficient (Wildman–Crippen LogP) is 0.563. The summed E-state index contributed by atoms with van der Waals surface area (Å²) in [5.41, 5.74) is 5.13. The van der Waals surface area contributed by atoms with E-state index in [0.29, 0.717) is 6.54 Å². The number of amides is 1. The van der Waals surface area contributed by atoms with Crippen molar-refractivity contribution >= 4 is 5.91 Å². The molecule has 1 rings (SSSR count). The lowest BCUT2D eigenvalue weighted by Crippen LogP contribution is -2.42. The molecule has 0 bridgehead atoms. The third-order valence-corrected chi connectivity index (χ3v) is 2.39. The molecule has 0 atom stereocenters. The van der Waals surface area contributed by atoms with Crippen LogP contribution in [0, 0.1) is 0 Å². The van der Waals surface area contributed by atoms with E-state index in [-0.39, 0.29) is 24.5 Å². The van der Waals surface area contributed by atoms with Crippen molar-refractivity contribution in [2.45, 2.75) is 31.0 Å². The van der Waals surface area contributed by atoms with Crippen molar-refractivity contribution in [1.82, 2.24) is 5.32 Å². The normalized spacial score (nSPS) is 18.2. The number of nitrogens with one attached hydrogen (secondary N) is 1. The van der Waals surface area contributed by atoms with Crippen molar-refractivity contribution in [3.63, 3.8) is 0 Å². The summed E-state index contributed by atoms with van der Waals surface area (Å²) in [5.74, 6) is -0.315. The maximum absolute atomic E-state index is 11.7. The van der Waals surface area contributed by atoms with Crippen molar-refractivity contribution in [3.05, 3.63) is 0 Å². The van der Waals surface area contributed by atoms with Gasteiger partial charge in [-0.05, 0) is 12.8 Å². The number of nitrogens with two attached hydrogens (primary N) is 1. The standard InChI is InChI=1S/C9H15F3N2O2/c10-9(11,12)6-16-4-1-7(15)14-8(5-13)2-3-8/h1-6,13H2,(H,14,15). The summed E-state index contributed by atoms with van der Waals surface area (Å²) in [6, 6.07) is 0. The second-order valence-electron chi connectivity index (χ2n) is 3.95. The first-order chi connectivity index (χ1) is 7.37. The highest BCUT2D eigenvalue weighted by Gasteiger charge is 2.42. The topological polar surface area (TPSA) is 64.3 Å². The lowest BCUT2D eigenvalue weighted by atomic mass is 10.2. The largest absolute Gasteiger partial charge is 0.411 e. The molecule has 0 aliphatic heterocycles. The van der Waals surface area contributed by atoms with Gasteiger partial charge in [0.05, 0.1) is 12.1 Å². The molecule has 1 aliphatic carbocycles. The van der Waals surface area contributed by atoms with E-state index < -0.39 is 12.8 Å². The summed E-state index contributed by atoms with van der Waals surface area (Å²) in [4.78, 5) is 11.3. The lowest BCUT2D eigenvalue weighted by molar-refractivity contribution is -0.174. The first-order valence-corrected chi connectivity index (χ1v) is 5.02. The fraction of sp³-hybridized carbons (Fsp3) is 0.889. The van der Waals surface area contributed by atoms with Gasteiger partial charge in [0.2, 0.25) is 5.91 Å². The molecule has 0 aromatic rings. The van der Waals surface area contributed by atoms with Crippen molar-refractivity contribution in [3.8, 4) is 0 Å². The van der Waals surface area contributed by atoms with Crippen LogP contribution >= 0.6 is 0 Å². The van der Waals surface area contributed by atoms with Gasteiger partial charge in [0.15, 0.2) is 0 Å². The number of ether oxygens (including phenoxy) is 1. The summed E-state index contributed by atoms with van der Waals surface area (Å²) >= 11 is 0. The van der Waals surface area contributed by atoms with Gasteiger partial charge in [-0.1, -0.05) is 0 Å². The number of halogens is 3. The molecule has 0 radical (unpaired) electrons. The van der Waals surface area contributed by atoms with E-state index in [1.54, 1.807) is 0 Å². The van der Waals surface area contributed by atoms with Crippen LogP contribution in [-0.4, -0.2) is 37.4 Å². The Morgan fingerprint density at radius 3 is 2.50 bits per heavy atom. The van der Waals surface area contributed by atoms with Crippen LogP contribution in [-0.2, 0) is 9.53 Å². The molecule has 1 fully saturated rings.